The number of anilines is 1. The maximum atomic E-state index is 12.6. The lowest BCUT2D eigenvalue weighted by Crippen LogP contribution is -2.22. The van der Waals surface area contributed by atoms with Crippen LogP contribution >= 0.6 is 11.6 Å². The molecule has 2 aromatic rings. The van der Waals surface area contributed by atoms with Crippen molar-refractivity contribution < 1.29 is 21.6 Å². The summed E-state index contributed by atoms with van der Waals surface area (Å²) in [6, 6.07) is 12.1. The van der Waals surface area contributed by atoms with Gasteiger partial charge in [-0.1, -0.05) is 17.7 Å². The second-order valence-corrected chi connectivity index (χ2v) is 11.0. The topological polar surface area (TPSA) is 97.4 Å². The second kappa shape index (κ2) is 7.02. The molecule has 0 aliphatic carbocycles. The summed E-state index contributed by atoms with van der Waals surface area (Å²) in [5.41, 5.74) is 0.804. The Morgan fingerprint density at radius 1 is 1.12 bits per heavy atom. The van der Waals surface area contributed by atoms with Crippen LogP contribution in [0.1, 0.15) is 16.8 Å². The Hall–Kier alpha value is -1.90. The molecular weight excluding hydrogens is 398 g/mol. The molecule has 1 fully saturated rings. The largest absolute Gasteiger partial charge is 0.322 e. The summed E-state index contributed by atoms with van der Waals surface area (Å²) < 4.78 is 48.2. The molecule has 1 heterocycles. The Kier molecular flexibility index (Phi) is 5.09. The van der Waals surface area contributed by atoms with Gasteiger partial charge in [-0.25, -0.2) is 16.8 Å². The summed E-state index contributed by atoms with van der Waals surface area (Å²) in [6.07, 6.45) is 0.0989. The first-order valence-corrected chi connectivity index (χ1v) is 11.5. The Balaban J connectivity index is 1.77. The Labute approximate surface area is 157 Å². The fourth-order valence-electron chi connectivity index (χ4n) is 2.76. The average Bonchev–Trinajstić information content (AvgIpc) is 2.96. The summed E-state index contributed by atoms with van der Waals surface area (Å²) in [4.78, 5) is 12.3. The van der Waals surface area contributed by atoms with E-state index in [0.29, 0.717) is 10.7 Å². The monoisotopic (exact) mass is 413 g/mol. The summed E-state index contributed by atoms with van der Waals surface area (Å²) in [5, 5.41) is 2.22. The summed E-state index contributed by atoms with van der Waals surface area (Å²) in [6.45, 7) is 0. The van der Waals surface area contributed by atoms with Crippen LogP contribution in [0.4, 0.5) is 5.69 Å². The van der Waals surface area contributed by atoms with Gasteiger partial charge in [-0.2, -0.15) is 0 Å². The molecule has 1 aliphatic heterocycles. The molecule has 0 radical (unpaired) electrons. The van der Waals surface area contributed by atoms with E-state index in [-0.39, 0.29) is 28.4 Å². The number of hydrogen-bond acceptors (Lipinski definition) is 5. The van der Waals surface area contributed by atoms with Crippen LogP contribution in [0.15, 0.2) is 53.4 Å². The summed E-state index contributed by atoms with van der Waals surface area (Å²) in [7, 11) is -7.05. The van der Waals surface area contributed by atoms with Crippen molar-refractivity contribution in [1.82, 2.24) is 0 Å². The highest BCUT2D eigenvalue weighted by atomic mass is 35.5. The zero-order chi connectivity index (χ0) is 18.9. The van der Waals surface area contributed by atoms with Gasteiger partial charge in [0.25, 0.3) is 5.91 Å². The molecule has 6 nitrogen and oxygen atoms in total. The molecule has 3 rings (SSSR count). The average molecular weight is 414 g/mol. The minimum atomic E-state index is -3.75. The molecule has 1 atom stereocenters. The van der Waals surface area contributed by atoms with E-state index >= 15 is 0 Å². The Morgan fingerprint density at radius 2 is 1.81 bits per heavy atom. The molecule has 1 N–H and O–H groups in total. The van der Waals surface area contributed by atoms with Crippen molar-refractivity contribution in [3.05, 3.63) is 59.1 Å². The number of benzene rings is 2. The van der Waals surface area contributed by atoms with Crippen LogP contribution in [0.25, 0.3) is 0 Å². The smallest absolute Gasteiger partial charge is 0.255 e. The molecule has 0 unspecified atom stereocenters. The molecule has 0 aromatic heterocycles. The first-order valence-electron chi connectivity index (χ1n) is 7.79. The van der Waals surface area contributed by atoms with Gasteiger partial charge in [0.1, 0.15) is 0 Å². The van der Waals surface area contributed by atoms with Crippen LogP contribution in [-0.4, -0.2) is 39.5 Å². The number of sulfone groups is 2. The van der Waals surface area contributed by atoms with Crippen molar-refractivity contribution >= 4 is 42.9 Å². The lowest BCUT2D eigenvalue weighted by Gasteiger charge is -2.11. The molecule has 138 valence electrons. The zero-order valence-corrected chi connectivity index (χ0v) is 15.9. The number of rotatable bonds is 4. The van der Waals surface area contributed by atoms with E-state index < -0.39 is 30.8 Å². The van der Waals surface area contributed by atoms with Crippen molar-refractivity contribution in [2.75, 3.05) is 16.8 Å². The van der Waals surface area contributed by atoms with E-state index in [9.17, 15) is 21.6 Å². The van der Waals surface area contributed by atoms with Gasteiger partial charge < -0.3 is 5.32 Å². The highest BCUT2D eigenvalue weighted by Crippen LogP contribution is 2.25. The molecular formula is C17H16ClNO5S2. The first-order chi connectivity index (χ1) is 12.2. The molecule has 0 bridgehead atoms. The van der Waals surface area contributed by atoms with Crippen LogP contribution in [0.5, 0.6) is 0 Å². The highest BCUT2D eigenvalue weighted by Gasteiger charge is 2.37. The van der Waals surface area contributed by atoms with Crippen molar-refractivity contribution in [1.29, 1.82) is 0 Å². The van der Waals surface area contributed by atoms with Crippen LogP contribution < -0.4 is 5.32 Å². The molecule has 26 heavy (non-hydrogen) atoms. The number of hydrogen-bond donors (Lipinski definition) is 1. The number of halogens is 1. The third-order valence-corrected chi connectivity index (χ3v) is 8.58. The number of carbonyl (C=O) groups is 1. The molecule has 2 aromatic carbocycles. The fraction of sp³-hybridized carbons (Fsp3) is 0.235. The lowest BCUT2D eigenvalue weighted by molar-refractivity contribution is 0.102. The van der Waals surface area contributed by atoms with E-state index in [0.717, 1.165) is 0 Å². The van der Waals surface area contributed by atoms with Gasteiger partial charge in [0, 0.05) is 16.3 Å². The quantitative estimate of drug-likeness (QED) is 0.830. The van der Waals surface area contributed by atoms with Crippen LogP contribution in [0.3, 0.4) is 0 Å². The van der Waals surface area contributed by atoms with Crippen molar-refractivity contribution in [3.8, 4) is 0 Å². The molecule has 1 saturated heterocycles. The lowest BCUT2D eigenvalue weighted by atomic mass is 10.2. The second-order valence-electron chi connectivity index (χ2n) is 6.06. The first kappa shape index (κ1) is 18.9. The van der Waals surface area contributed by atoms with Crippen molar-refractivity contribution in [2.45, 2.75) is 16.6 Å². The Bertz CT molecular complexity index is 1050. The van der Waals surface area contributed by atoms with Crippen LogP contribution in [0, 0.1) is 0 Å². The molecule has 9 heteroatoms. The van der Waals surface area contributed by atoms with E-state index in [2.05, 4.69) is 5.32 Å². The number of amides is 1. The highest BCUT2D eigenvalue weighted by molar-refractivity contribution is 7.96. The SMILES string of the molecule is O=C(Nc1cccc(Cl)c1)c1ccc(S(=O)(=O)[C@@H]2CCS(=O)(=O)C2)cc1. The summed E-state index contributed by atoms with van der Waals surface area (Å²) in [5.74, 6) is -0.872. The number of nitrogens with one attached hydrogen (secondary N) is 1. The van der Waals surface area contributed by atoms with E-state index in [1.54, 1.807) is 24.3 Å². The minimum Gasteiger partial charge on any atom is -0.322 e. The van der Waals surface area contributed by atoms with E-state index in [4.69, 9.17) is 11.6 Å². The van der Waals surface area contributed by atoms with Gasteiger partial charge in [-0.15, -0.1) is 0 Å². The number of carbonyl (C=O) groups excluding carboxylic acids is 1. The van der Waals surface area contributed by atoms with Crippen LogP contribution in [-0.2, 0) is 19.7 Å². The van der Waals surface area contributed by atoms with Crippen molar-refractivity contribution in [2.24, 2.45) is 0 Å². The van der Waals surface area contributed by atoms with Gasteiger partial charge in [0.15, 0.2) is 19.7 Å². The van der Waals surface area contributed by atoms with Crippen LogP contribution in [0.2, 0.25) is 5.02 Å². The van der Waals surface area contributed by atoms with E-state index in [1.165, 1.54) is 24.3 Å². The van der Waals surface area contributed by atoms with Gasteiger partial charge in [0.2, 0.25) is 0 Å². The third kappa shape index (κ3) is 4.08. The van der Waals surface area contributed by atoms with Gasteiger partial charge in [-0.3, -0.25) is 4.79 Å². The van der Waals surface area contributed by atoms with Gasteiger partial charge in [-0.05, 0) is 48.9 Å². The van der Waals surface area contributed by atoms with Gasteiger partial charge in [0.05, 0.1) is 21.7 Å². The predicted molar refractivity (Wildman–Crippen MR) is 100 cm³/mol. The Morgan fingerprint density at radius 3 is 2.38 bits per heavy atom. The predicted octanol–water partition coefficient (Wildman–Crippen LogP) is 2.55. The zero-order valence-electron chi connectivity index (χ0n) is 13.6. The maximum absolute atomic E-state index is 12.6. The maximum Gasteiger partial charge on any atom is 0.255 e. The molecule has 1 amide bonds. The normalized spacial score (nSPS) is 19.2. The fourth-order valence-corrected chi connectivity index (χ4v) is 7.31. The third-order valence-electron chi connectivity index (χ3n) is 4.16. The van der Waals surface area contributed by atoms with Crippen molar-refractivity contribution in [3.63, 3.8) is 0 Å². The van der Waals surface area contributed by atoms with E-state index in [1.807, 2.05) is 0 Å². The standard InChI is InChI=1S/C17H16ClNO5S2/c18-13-2-1-3-14(10-13)19-17(20)12-4-6-15(7-5-12)26(23,24)16-8-9-25(21,22)11-16/h1-7,10,16H,8-9,11H2,(H,19,20)/t16-/m1/s1. The molecule has 1 aliphatic rings. The minimum absolute atomic E-state index is 0.0129. The summed E-state index contributed by atoms with van der Waals surface area (Å²) >= 11 is 5.87. The molecule has 0 saturated carbocycles. The molecule has 0 spiro atoms. The van der Waals surface area contributed by atoms with Gasteiger partial charge >= 0.3 is 0 Å².